The van der Waals surface area contributed by atoms with E-state index in [2.05, 4.69) is 15.1 Å². The van der Waals surface area contributed by atoms with E-state index in [0.717, 1.165) is 34.6 Å². The maximum Gasteiger partial charge on any atom is 0.257 e. The van der Waals surface area contributed by atoms with Crippen LogP contribution in [0.5, 0.6) is 0 Å². The zero-order chi connectivity index (χ0) is 12.7. The third-order valence-corrected chi connectivity index (χ3v) is 4.11. The van der Waals surface area contributed by atoms with E-state index in [4.69, 9.17) is 9.26 Å². The first-order valence-electron chi connectivity index (χ1n) is 6.15. The van der Waals surface area contributed by atoms with E-state index in [0.29, 0.717) is 12.5 Å². The molecule has 96 valence electrons. The summed E-state index contributed by atoms with van der Waals surface area (Å²) in [6.45, 7) is 1.47. The molecule has 0 spiro atoms. The Morgan fingerprint density at radius 3 is 3.21 bits per heavy atom. The van der Waals surface area contributed by atoms with Gasteiger partial charge in [0.2, 0.25) is 0 Å². The molecular weight excluding hydrogens is 262 g/mol. The van der Waals surface area contributed by atoms with E-state index in [-0.39, 0.29) is 5.92 Å². The molecule has 0 aliphatic carbocycles. The molecule has 3 heterocycles. The zero-order valence-corrected chi connectivity index (χ0v) is 10.9. The molecule has 1 saturated heterocycles. The molecule has 3 aromatic rings. The second-order valence-corrected chi connectivity index (χ2v) is 5.44. The summed E-state index contributed by atoms with van der Waals surface area (Å²) in [5.41, 5.74) is 3.77. The Hall–Kier alpha value is -1.79. The molecule has 2 aromatic heterocycles. The summed E-state index contributed by atoms with van der Waals surface area (Å²) in [5.74, 6) is 1.58. The lowest BCUT2D eigenvalue weighted by atomic mass is 10.1. The minimum atomic E-state index is 0.268. The Balaban J connectivity index is 1.70. The van der Waals surface area contributed by atoms with Gasteiger partial charge in [-0.2, -0.15) is 4.98 Å². The summed E-state index contributed by atoms with van der Waals surface area (Å²) in [6.07, 6.45) is 0.965. The molecule has 0 saturated carbocycles. The van der Waals surface area contributed by atoms with Gasteiger partial charge < -0.3 is 9.26 Å². The van der Waals surface area contributed by atoms with Crippen molar-refractivity contribution in [2.45, 2.75) is 12.3 Å². The van der Waals surface area contributed by atoms with Crippen LogP contribution in [-0.2, 0) is 4.74 Å². The van der Waals surface area contributed by atoms with Crippen LogP contribution in [0, 0.1) is 0 Å². The predicted octanol–water partition coefficient (Wildman–Crippen LogP) is 2.85. The number of rotatable bonds is 2. The van der Waals surface area contributed by atoms with Crippen LogP contribution in [0.15, 0.2) is 28.2 Å². The number of fused-ring (bicyclic) bond motifs is 1. The van der Waals surface area contributed by atoms with E-state index in [9.17, 15) is 0 Å². The third-order valence-electron chi connectivity index (χ3n) is 3.31. The molecular formula is C13H11N3O2S. The van der Waals surface area contributed by atoms with Gasteiger partial charge in [0, 0.05) is 18.1 Å². The number of benzene rings is 1. The second kappa shape index (κ2) is 4.40. The molecule has 0 bridgehead atoms. The van der Waals surface area contributed by atoms with Crippen molar-refractivity contribution in [3.05, 3.63) is 29.5 Å². The molecule has 4 rings (SSSR count). The van der Waals surface area contributed by atoms with E-state index in [1.807, 2.05) is 23.7 Å². The van der Waals surface area contributed by atoms with Crippen LogP contribution in [0.25, 0.3) is 21.7 Å². The highest BCUT2D eigenvalue weighted by molar-refractivity contribution is 7.16. The standard InChI is InChI=1S/C13H11N3O2S/c1-2-10-11(19-7-14-10)5-8(1)13-15-12(16-18-13)9-3-4-17-6-9/h1-2,5,7,9H,3-4,6H2/t9-/m0/s1. The van der Waals surface area contributed by atoms with Crippen molar-refractivity contribution in [1.82, 2.24) is 15.1 Å². The van der Waals surface area contributed by atoms with Gasteiger partial charge in [0.25, 0.3) is 5.89 Å². The first-order valence-corrected chi connectivity index (χ1v) is 7.03. The van der Waals surface area contributed by atoms with Crippen molar-refractivity contribution in [3.8, 4) is 11.5 Å². The maximum absolute atomic E-state index is 5.36. The normalized spacial score (nSPS) is 19.3. The third kappa shape index (κ3) is 1.93. The summed E-state index contributed by atoms with van der Waals surface area (Å²) in [6, 6.07) is 5.98. The maximum atomic E-state index is 5.36. The van der Waals surface area contributed by atoms with Crippen molar-refractivity contribution >= 4 is 21.6 Å². The molecule has 0 unspecified atom stereocenters. The van der Waals surface area contributed by atoms with Crippen LogP contribution in [0.2, 0.25) is 0 Å². The van der Waals surface area contributed by atoms with Gasteiger partial charge in [-0.25, -0.2) is 4.98 Å². The summed E-state index contributed by atoms with van der Waals surface area (Å²) >= 11 is 1.61. The van der Waals surface area contributed by atoms with Crippen LogP contribution in [0.4, 0.5) is 0 Å². The summed E-state index contributed by atoms with van der Waals surface area (Å²) in [7, 11) is 0. The van der Waals surface area contributed by atoms with Crippen molar-refractivity contribution in [1.29, 1.82) is 0 Å². The molecule has 6 heteroatoms. The molecule has 0 N–H and O–H groups in total. The Morgan fingerprint density at radius 2 is 2.32 bits per heavy atom. The van der Waals surface area contributed by atoms with E-state index < -0.39 is 0 Å². The van der Waals surface area contributed by atoms with E-state index in [1.54, 1.807) is 11.3 Å². The monoisotopic (exact) mass is 273 g/mol. The number of hydrogen-bond acceptors (Lipinski definition) is 6. The highest BCUT2D eigenvalue weighted by Gasteiger charge is 2.23. The molecule has 1 fully saturated rings. The quantitative estimate of drug-likeness (QED) is 0.718. The fraction of sp³-hybridized carbons (Fsp3) is 0.308. The van der Waals surface area contributed by atoms with Gasteiger partial charge in [0.05, 0.1) is 22.3 Å². The topological polar surface area (TPSA) is 61.0 Å². The van der Waals surface area contributed by atoms with Gasteiger partial charge in [-0.1, -0.05) is 5.16 Å². The van der Waals surface area contributed by atoms with Crippen LogP contribution < -0.4 is 0 Å². The Labute approximate surface area is 113 Å². The van der Waals surface area contributed by atoms with Crippen molar-refractivity contribution in [2.24, 2.45) is 0 Å². The summed E-state index contributed by atoms with van der Waals surface area (Å²) in [5, 5.41) is 4.06. The van der Waals surface area contributed by atoms with Crippen molar-refractivity contribution < 1.29 is 9.26 Å². The van der Waals surface area contributed by atoms with E-state index in [1.165, 1.54) is 0 Å². The lowest BCUT2D eigenvalue weighted by Gasteiger charge is -1.97. The lowest BCUT2D eigenvalue weighted by Crippen LogP contribution is -1.99. The van der Waals surface area contributed by atoms with Gasteiger partial charge >= 0.3 is 0 Å². The number of nitrogens with zero attached hydrogens (tertiary/aromatic N) is 3. The highest BCUT2D eigenvalue weighted by Crippen LogP contribution is 2.28. The highest BCUT2D eigenvalue weighted by atomic mass is 32.1. The smallest absolute Gasteiger partial charge is 0.257 e. The first kappa shape index (κ1) is 11.1. The summed E-state index contributed by atoms with van der Waals surface area (Å²) < 4.78 is 11.8. The molecule has 0 amide bonds. The molecule has 1 aliphatic rings. The Bertz CT molecular complexity index is 715. The Kier molecular flexibility index (Phi) is 2.56. The van der Waals surface area contributed by atoms with Gasteiger partial charge in [0.1, 0.15) is 0 Å². The molecule has 0 radical (unpaired) electrons. The van der Waals surface area contributed by atoms with Crippen LogP contribution >= 0.6 is 11.3 Å². The largest absolute Gasteiger partial charge is 0.381 e. The first-order chi connectivity index (χ1) is 9.40. The number of aromatic nitrogens is 3. The van der Waals surface area contributed by atoms with Gasteiger partial charge in [-0.15, -0.1) is 11.3 Å². The van der Waals surface area contributed by atoms with Crippen LogP contribution in [0.3, 0.4) is 0 Å². The van der Waals surface area contributed by atoms with Crippen LogP contribution in [-0.4, -0.2) is 28.3 Å². The minimum Gasteiger partial charge on any atom is -0.381 e. The predicted molar refractivity (Wildman–Crippen MR) is 71.1 cm³/mol. The summed E-state index contributed by atoms with van der Waals surface area (Å²) in [4.78, 5) is 8.74. The minimum absolute atomic E-state index is 0.268. The fourth-order valence-corrected chi connectivity index (χ4v) is 2.96. The van der Waals surface area contributed by atoms with Crippen molar-refractivity contribution in [2.75, 3.05) is 13.2 Å². The number of hydrogen-bond donors (Lipinski definition) is 0. The van der Waals surface area contributed by atoms with Gasteiger partial charge in [-0.3, -0.25) is 0 Å². The van der Waals surface area contributed by atoms with Crippen LogP contribution in [0.1, 0.15) is 18.2 Å². The van der Waals surface area contributed by atoms with Gasteiger partial charge in [0.15, 0.2) is 5.82 Å². The average Bonchev–Trinajstić information content (AvgIpc) is 3.18. The molecule has 1 aliphatic heterocycles. The Morgan fingerprint density at radius 1 is 1.32 bits per heavy atom. The number of thiazole rings is 1. The SMILES string of the molecule is c1nc2ccc(-c3nc([C@H]4CCOC4)no3)cc2s1. The van der Waals surface area contributed by atoms with E-state index >= 15 is 0 Å². The molecule has 1 aromatic carbocycles. The lowest BCUT2D eigenvalue weighted by molar-refractivity contribution is 0.192. The molecule has 1 atom stereocenters. The fourth-order valence-electron chi connectivity index (χ4n) is 2.24. The number of ether oxygens (including phenoxy) is 1. The van der Waals surface area contributed by atoms with Gasteiger partial charge in [-0.05, 0) is 24.6 Å². The second-order valence-electron chi connectivity index (χ2n) is 4.55. The van der Waals surface area contributed by atoms with Crippen molar-refractivity contribution in [3.63, 3.8) is 0 Å². The zero-order valence-electron chi connectivity index (χ0n) is 10.1. The molecule has 19 heavy (non-hydrogen) atoms. The average molecular weight is 273 g/mol. The molecule has 5 nitrogen and oxygen atoms in total.